The van der Waals surface area contributed by atoms with Crippen molar-refractivity contribution in [3.63, 3.8) is 0 Å². The summed E-state index contributed by atoms with van der Waals surface area (Å²) in [5.74, 6) is 0.910. The van der Waals surface area contributed by atoms with Crippen LogP contribution in [0.2, 0.25) is 5.28 Å². The van der Waals surface area contributed by atoms with Crippen LogP contribution in [0.15, 0.2) is 18.2 Å². The Morgan fingerprint density at radius 3 is 2.68 bits per heavy atom. The van der Waals surface area contributed by atoms with Gasteiger partial charge in [0.05, 0.1) is 18.7 Å². The zero-order valence-electron chi connectivity index (χ0n) is 10.2. The Balaban J connectivity index is 0.00000133. The number of halogens is 1. The van der Waals surface area contributed by atoms with Crippen molar-refractivity contribution in [3.05, 3.63) is 29.0 Å². The first-order valence-corrected chi connectivity index (χ1v) is 6.38. The van der Waals surface area contributed by atoms with E-state index in [0.717, 1.165) is 43.0 Å². The van der Waals surface area contributed by atoms with Crippen LogP contribution in [0.25, 0.3) is 10.9 Å². The number of morpholine rings is 1. The van der Waals surface area contributed by atoms with E-state index < -0.39 is 0 Å². The molecule has 0 atom stereocenters. The van der Waals surface area contributed by atoms with Crippen molar-refractivity contribution < 1.29 is 4.74 Å². The monoisotopic (exact) mass is 279 g/mol. The average Bonchev–Trinajstić information content (AvgIpc) is 2.38. The number of hydrogen-bond donors (Lipinski definition) is 0. The largest absolute Gasteiger partial charge is 0.378 e. The van der Waals surface area contributed by atoms with Gasteiger partial charge in [-0.15, -0.1) is 0 Å². The van der Waals surface area contributed by atoms with E-state index in [1.165, 1.54) is 5.56 Å². The van der Waals surface area contributed by atoms with Crippen molar-refractivity contribution in [2.75, 3.05) is 31.2 Å². The van der Waals surface area contributed by atoms with Gasteiger partial charge < -0.3 is 9.64 Å². The highest BCUT2D eigenvalue weighted by atomic mass is 35.5. The average molecular weight is 280 g/mol. The molecular weight excluding hydrogens is 262 g/mol. The molecule has 19 heavy (non-hydrogen) atoms. The normalized spacial score (nSPS) is 15.4. The van der Waals surface area contributed by atoms with Crippen LogP contribution in [0.3, 0.4) is 0 Å². The molecule has 3 rings (SSSR count). The van der Waals surface area contributed by atoms with Crippen molar-refractivity contribution in [2.24, 2.45) is 0 Å². The molecule has 102 valence electrons. The number of benzene rings is 1. The van der Waals surface area contributed by atoms with Gasteiger partial charge in [0.15, 0.2) is 0 Å². The van der Waals surface area contributed by atoms with Crippen LogP contribution in [-0.4, -0.2) is 36.3 Å². The SMILES string of the molecule is C.Cc1ccc2c(N3CCOCC3)nc(Cl)nc2c1. The lowest BCUT2D eigenvalue weighted by Crippen LogP contribution is -2.37. The summed E-state index contributed by atoms with van der Waals surface area (Å²) in [4.78, 5) is 10.9. The summed E-state index contributed by atoms with van der Waals surface area (Å²) in [6, 6.07) is 6.17. The number of nitrogens with zero attached hydrogens (tertiary/aromatic N) is 3. The van der Waals surface area contributed by atoms with Crippen molar-refractivity contribution in [3.8, 4) is 0 Å². The minimum Gasteiger partial charge on any atom is -0.378 e. The van der Waals surface area contributed by atoms with Crippen LogP contribution in [-0.2, 0) is 4.74 Å². The molecule has 0 radical (unpaired) electrons. The fraction of sp³-hybridized carbons (Fsp3) is 0.429. The van der Waals surface area contributed by atoms with Gasteiger partial charge in [-0.2, -0.15) is 4.98 Å². The van der Waals surface area contributed by atoms with E-state index >= 15 is 0 Å². The van der Waals surface area contributed by atoms with Gasteiger partial charge in [0.25, 0.3) is 0 Å². The van der Waals surface area contributed by atoms with Crippen molar-refractivity contribution >= 4 is 28.3 Å². The predicted molar refractivity (Wildman–Crippen MR) is 79.0 cm³/mol. The van der Waals surface area contributed by atoms with Crippen LogP contribution in [0.5, 0.6) is 0 Å². The Labute approximate surface area is 118 Å². The molecule has 0 saturated carbocycles. The molecule has 1 aromatic carbocycles. The highest BCUT2D eigenvalue weighted by Gasteiger charge is 2.16. The Bertz CT molecular complexity index is 577. The number of rotatable bonds is 1. The van der Waals surface area contributed by atoms with Crippen LogP contribution in [0, 0.1) is 6.92 Å². The molecule has 1 aliphatic rings. The van der Waals surface area contributed by atoms with Gasteiger partial charge in [-0.3, -0.25) is 0 Å². The van der Waals surface area contributed by atoms with E-state index in [1.54, 1.807) is 0 Å². The quantitative estimate of drug-likeness (QED) is 0.752. The standard InChI is InChI=1S/C13H14ClN3O.CH4/c1-9-2-3-10-11(8-9)15-13(14)16-12(10)17-4-6-18-7-5-17;/h2-3,8H,4-7H2,1H3;1H4. The number of hydrogen-bond acceptors (Lipinski definition) is 4. The lowest BCUT2D eigenvalue weighted by atomic mass is 10.1. The van der Waals surface area contributed by atoms with Crippen LogP contribution in [0.4, 0.5) is 5.82 Å². The highest BCUT2D eigenvalue weighted by molar-refractivity contribution is 6.28. The smallest absolute Gasteiger partial charge is 0.224 e. The van der Waals surface area contributed by atoms with Crippen molar-refractivity contribution in [2.45, 2.75) is 14.4 Å². The maximum Gasteiger partial charge on any atom is 0.224 e. The summed E-state index contributed by atoms with van der Waals surface area (Å²) in [7, 11) is 0. The van der Waals surface area contributed by atoms with E-state index in [0.29, 0.717) is 5.28 Å². The molecule has 1 aliphatic heterocycles. The fourth-order valence-electron chi connectivity index (χ4n) is 2.21. The summed E-state index contributed by atoms with van der Waals surface area (Å²) in [5, 5.41) is 1.35. The van der Waals surface area contributed by atoms with Crippen LogP contribution in [0.1, 0.15) is 13.0 Å². The number of ether oxygens (including phenoxy) is 1. The summed E-state index contributed by atoms with van der Waals surface area (Å²) < 4.78 is 5.36. The molecule has 0 aliphatic carbocycles. The van der Waals surface area contributed by atoms with Crippen LogP contribution < -0.4 is 4.90 Å². The first-order chi connectivity index (χ1) is 8.74. The van der Waals surface area contributed by atoms with Crippen LogP contribution >= 0.6 is 11.6 Å². The van der Waals surface area contributed by atoms with Gasteiger partial charge in [-0.05, 0) is 36.2 Å². The zero-order chi connectivity index (χ0) is 12.5. The molecule has 0 amide bonds. The van der Waals surface area contributed by atoms with E-state index in [1.807, 2.05) is 13.0 Å². The molecule has 0 spiro atoms. The van der Waals surface area contributed by atoms with Gasteiger partial charge in [-0.25, -0.2) is 4.98 Å². The molecular formula is C14H18ClN3O. The second-order valence-corrected chi connectivity index (χ2v) is 4.77. The van der Waals surface area contributed by atoms with Gasteiger partial charge in [0.2, 0.25) is 5.28 Å². The predicted octanol–water partition coefficient (Wildman–Crippen LogP) is 3.06. The molecule has 0 N–H and O–H groups in total. The third-order valence-corrected chi connectivity index (χ3v) is 3.28. The molecule has 1 aromatic heterocycles. The lowest BCUT2D eigenvalue weighted by molar-refractivity contribution is 0.122. The third-order valence-electron chi connectivity index (χ3n) is 3.12. The third kappa shape index (κ3) is 2.80. The molecule has 2 heterocycles. The Morgan fingerprint density at radius 1 is 1.21 bits per heavy atom. The van der Waals surface area contributed by atoms with E-state index in [4.69, 9.17) is 16.3 Å². The minimum atomic E-state index is 0. The molecule has 5 heteroatoms. The second kappa shape index (κ2) is 5.72. The first kappa shape index (κ1) is 14.0. The Morgan fingerprint density at radius 2 is 1.95 bits per heavy atom. The zero-order valence-corrected chi connectivity index (χ0v) is 10.9. The Kier molecular flexibility index (Phi) is 4.22. The van der Waals surface area contributed by atoms with E-state index in [-0.39, 0.29) is 7.43 Å². The van der Waals surface area contributed by atoms with Gasteiger partial charge >= 0.3 is 0 Å². The first-order valence-electron chi connectivity index (χ1n) is 6.00. The molecule has 0 unspecified atom stereocenters. The van der Waals surface area contributed by atoms with E-state index in [9.17, 15) is 0 Å². The minimum absolute atomic E-state index is 0. The number of anilines is 1. The number of fused-ring (bicyclic) bond motifs is 1. The highest BCUT2D eigenvalue weighted by Crippen LogP contribution is 2.26. The number of aromatic nitrogens is 2. The summed E-state index contributed by atoms with van der Waals surface area (Å²) in [6.45, 7) is 5.19. The van der Waals surface area contributed by atoms with Crippen molar-refractivity contribution in [1.82, 2.24) is 9.97 Å². The maximum absolute atomic E-state index is 6.02. The molecule has 0 bridgehead atoms. The van der Waals surface area contributed by atoms with Crippen molar-refractivity contribution in [1.29, 1.82) is 0 Å². The maximum atomic E-state index is 6.02. The summed E-state index contributed by atoms with van der Waals surface area (Å²) in [5.41, 5.74) is 2.07. The molecule has 1 saturated heterocycles. The van der Waals surface area contributed by atoms with Gasteiger partial charge in [0, 0.05) is 18.5 Å². The summed E-state index contributed by atoms with van der Waals surface area (Å²) in [6.07, 6.45) is 0. The topological polar surface area (TPSA) is 38.2 Å². The molecule has 1 fully saturated rings. The lowest BCUT2D eigenvalue weighted by Gasteiger charge is -2.28. The molecule has 4 nitrogen and oxygen atoms in total. The van der Waals surface area contributed by atoms with Gasteiger partial charge in [0.1, 0.15) is 5.82 Å². The van der Waals surface area contributed by atoms with E-state index in [2.05, 4.69) is 27.0 Å². The fourth-order valence-corrected chi connectivity index (χ4v) is 2.38. The van der Waals surface area contributed by atoms with Gasteiger partial charge in [-0.1, -0.05) is 13.5 Å². The Hall–Kier alpha value is -1.39. The molecule has 2 aromatic rings. The second-order valence-electron chi connectivity index (χ2n) is 4.44. The summed E-state index contributed by atoms with van der Waals surface area (Å²) >= 11 is 6.02. The number of aryl methyl sites for hydroxylation is 1.